The highest BCUT2D eigenvalue weighted by Gasteiger charge is 2.12. The van der Waals surface area contributed by atoms with E-state index >= 15 is 0 Å². The first kappa shape index (κ1) is 10.5. The zero-order chi connectivity index (χ0) is 12.7. The summed E-state index contributed by atoms with van der Waals surface area (Å²) in [7, 11) is 1.85. The van der Waals surface area contributed by atoms with Crippen molar-refractivity contribution in [3.05, 3.63) is 30.6 Å². The predicted octanol–water partition coefficient (Wildman–Crippen LogP) is 1.19. The van der Waals surface area contributed by atoms with E-state index in [9.17, 15) is 0 Å². The maximum Gasteiger partial charge on any atom is 0.221 e. The summed E-state index contributed by atoms with van der Waals surface area (Å²) in [5.41, 5.74) is 14.7. The molecule has 2 heterocycles. The Hall–Kier alpha value is -2.63. The van der Waals surface area contributed by atoms with Crippen molar-refractivity contribution >= 4 is 22.5 Å². The van der Waals surface area contributed by atoms with Gasteiger partial charge in [0.25, 0.3) is 0 Å². The Morgan fingerprint density at radius 3 is 2.72 bits per heavy atom. The molecular weight excluding hydrogens is 228 g/mol. The maximum absolute atomic E-state index is 6.00. The summed E-state index contributed by atoms with van der Waals surface area (Å²) in [5.74, 6) is 0.229. The zero-order valence-corrected chi connectivity index (χ0v) is 9.83. The zero-order valence-electron chi connectivity index (χ0n) is 9.83. The number of nitrogens with two attached hydrogens (primary N) is 2. The van der Waals surface area contributed by atoms with Crippen LogP contribution in [0.1, 0.15) is 0 Å². The van der Waals surface area contributed by atoms with E-state index in [2.05, 4.69) is 15.1 Å². The lowest BCUT2D eigenvalue weighted by molar-refractivity contribution is 0.768. The van der Waals surface area contributed by atoms with Crippen LogP contribution in [0.15, 0.2) is 30.6 Å². The summed E-state index contributed by atoms with van der Waals surface area (Å²) in [4.78, 5) is 8.47. The third-order valence-electron chi connectivity index (χ3n) is 2.75. The highest BCUT2D eigenvalue weighted by atomic mass is 15.2. The quantitative estimate of drug-likeness (QED) is 0.623. The average Bonchev–Trinajstić information content (AvgIpc) is 2.75. The molecule has 0 spiro atoms. The normalized spacial score (nSPS) is 10.9. The van der Waals surface area contributed by atoms with Crippen molar-refractivity contribution in [2.45, 2.75) is 0 Å². The summed E-state index contributed by atoms with van der Waals surface area (Å²) in [6, 6.07) is 5.53. The van der Waals surface area contributed by atoms with Gasteiger partial charge in [-0.05, 0) is 12.1 Å². The first-order valence-electron chi connectivity index (χ1n) is 5.46. The monoisotopic (exact) mass is 240 g/mol. The standard InChI is InChI=1S/C12H12N6/c1-18-6-7(5-15-18)11-10-8(13)3-2-4-9(10)16-12(14)17-11/h2-6H,13H2,1H3,(H2,14,16,17). The van der Waals surface area contributed by atoms with E-state index in [1.165, 1.54) is 0 Å². The van der Waals surface area contributed by atoms with Crippen LogP contribution in [-0.2, 0) is 7.05 Å². The molecule has 0 bridgehead atoms. The molecule has 90 valence electrons. The Bertz CT molecular complexity index is 731. The lowest BCUT2D eigenvalue weighted by atomic mass is 10.1. The Balaban J connectivity index is 2.40. The number of rotatable bonds is 1. The largest absolute Gasteiger partial charge is 0.398 e. The van der Waals surface area contributed by atoms with Gasteiger partial charge in [-0.15, -0.1) is 0 Å². The van der Waals surface area contributed by atoms with Gasteiger partial charge < -0.3 is 11.5 Å². The van der Waals surface area contributed by atoms with Gasteiger partial charge in [-0.3, -0.25) is 4.68 Å². The van der Waals surface area contributed by atoms with Crippen molar-refractivity contribution in [1.29, 1.82) is 0 Å². The number of anilines is 2. The van der Waals surface area contributed by atoms with E-state index in [1.54, 1.807) is 10.9 Å². The molecule has 0 atom stereocenters. The van der Waals surface area contributed by atoms with E-state index in [0.717, 1.165) is 16.5 Å². The van der Waals surface area contributed by atoms with Gasteiger partial charge in [-0.2, -0.15) is 5.10 Å². The molecule has 0 aliphatic rings. The van der Waals surface area contributed by atoms with Gasteiger partial charge >= 0.3 is 0 Å². The van der Waals surface area contributed by atoms with Crippen molar-refractivity contribution in [2.75, 3.05) is 11.5 Å². The minimum absolute atomic E-state index is 0.229. The van der Waals surface area contributed by atoms with Gasteiger partial charge in [-0.25, -0.2) is 9.97 Å². The van der Waals surface area contributed by atoms with Gasteiger partial charge in [0.2, 0.25) is 5.95 Å². The molecule has 0 radical (unpaired) electrons. The van der Waals surface area contributed by atoms with Crippen molar-refractivity contribution in [2.24, 2.45) is 7.05 Å². The van der Waals surface area contributed by atoms with Gasteiger partial charge in [0.05, 0.1) is 17.4 Å². The number of nitrogen functional groups attached to an aromatic ring is 2. The van der Waals surface area contributed by atoms with Gasteiger partial charge in [0.15, 0.2) is 0 Å². The number of nitrogens with zero attached hydrogens (tertiary/aromatic N) is 4. The SMILES string of the molecule is Cn1cc(-c2nc(N)nc3cccc(N)c23)cn1. The second-order valence-electron chi connectivity index (χ2n) is 4.07. The van der Waals surface area contributed by atoms with E-state index in [1.807, 2.05) is 31.4 Å². The number of fused-ring (bicyclic) bond motifs is 1. The Morgan fingerprint density at radius 1 is 1.17 bits per heavy atom. The number of aromatic nitrogens is 4. The second-order valence-corrected chi connectivity index (χ2v) is 4.07. The Kier molecular flexibility index (Phi) is 2.16. The molecule has 4 N–H and O–H groups in total. The smallest absolute Gasteiger partial charge is 0.221 e. The molecule has 0 saturated heterocycles. The highest BCUT2D eigenvalue weighted by molar-refractivity contribution is 6.01. The predicted molar refractivity (Wildman–Crippen MR) is 70.6 cm³/mol. The van der Waals surface area contributed by atoms with E-state index in [-0.39, 0.29) is 5.95 Å². The van der Waals surface area contributed by atoms with E-state index < -0.39 is 0 Å². The van der Waals surface area contributed by atoms with Gasteiger partial charge in [-0.1, -0.05) is 6.07 Å². The number of hydrogen-bond acceptors (Lipinski definition) is 5. The summed E-state index contributed by atoms with van der Waals surface area (Å²) in [5, 5.41) is 4.94. The third kappa shape index (κ3) is 1.55. The van der Waals surface area contributed by atoms with Gasteiger partial charge in [0, 0.05) is 29.9 Å². The lowest BCUT2D eigenvalue weighted by Gasteiger charge is -2.07. The van der Waals surface area contributed by atoms with E-state index in [0.29, 0.717) is 11.4 Å². The number of benzene rings is 1. The molecule has 0 aliphatic heterocycles. The van der Waals surface area contributed by atoms with Gasteiger partial charge in [0.1, 0.15) is 0 Å². The van der Waals surface area contributed by atoms with Crippen LogP contribution in [-0.4, -0.2) is 19.7 Å². The summed E-state index contributed by atoms with van der Waals surface area (Å²) in [6.07, 6.45) is 3.60. The third-order valence-corrected chi connectivity index (χ3v) is 2.75. The minimum atomic E-state index is 0.229. The molecule has 0 fully saturated rings. The molecular formula is C12H12N6. The topological polar surface area (TPSA) is 95.6 Å². The van der Waals surface area contributed by atoms with Crippen LogP contribution in [0.25, 0.3) is 22.2 Å². The second kappa shape index (κ2) is 3.69. The molecule has 18 heavy (non-hydrogen) atoms. The summed E-state index contributed by atoms with van der Waals surface area (Å²) < 4.78 is 1.71. The molecule has 0 aliphatic carbocycles. The van der Waals surface area contributed by atoms with Crippen molar-refractivity contribution in [3.63, 3.8) is 0 Å². The number of hydrogen-bond donors (Lipinski definition) is 2. The molecule has 0 unspecified atom stereocenters. The summed E-state index contributed by atoms with van der Waals surface area (Å²) in [6.45, 7) is 0. The first-order valence-corrected chi connectivity index (χ1v) is 5.46. The van der Waals surface area contributed by atoms with Crippen molar-refractivity contribution < 1.29 is 0 Å². The molecule has 3 aromatic rings. The van der Waals surface area contributed by atoms with Crippen LogP contribution in [0.3, 0.4) is 0 Å². The van der Waals surface area contributed by atoms with E-state index in [4.69, 9.17) is 11.5 Å². The first-order chi connectivity index (χ1) is 8.65. The molecule has 6 heteroatoms. The fraction of sp³-hybridized carbons (Fsp3) is 0.0833. The highest BCUT2D eigenvalue weighted by Crippen LogP contribution is 2.30. The average molecular weight is 240 g/mol. The van der Waals surface area contributed by atoms with Crippen molar-refractivity contribution in [1.82, 2.24) is 19.7 Å². The number of aryl methyl sites for hydroxylation is 1. The minimum Gasteiger partial charge on any atom is -0.398 e. The Labute approximate surface area is 103 Å². The lowest BCUT2D eigenvalue weighted by Crippen LogP contribution is -1.99. The maximum atomic E-state index is 6.00. The fourth-order valence-electron chi connectivity index (χ4n) is 1.98. The van der Waals surface area contributed by atoms with Crippen molar-refractivity contribution in [3.8, 4) is 11.3 Å². The molecule has 0 saturated carbocycles. The molecule has 1 aromatic carbocycles. The fourth-order valence-corrected chi connectivity index (χ4v) is 1.98. The summed E-state index contributed by atoms with van der Waals surface area (Å²) >= 11 is 0. The Morgan fingerprint density at radius 2 is 2.00 bits per heavy atom. The molecule has 0 amide bonds. The molecule has 3 rings (SSSR count). The van der Waals surface area contributed by atoms with Crippen LogP contribution >= 0.6 is 0 Å². The molecule has 6 nitrogen and oxygen atoms in total. The van der Waals surface area contributed by atoms with Crippen LogP contribution in [0.2, 0.25) is 0 Å². The van der Waals surface area contributed by atoms with Crippen LogP contribution in [0.4, 0.5) is 11.6 Å². The van der Waals surface area contributed by atoms with Crippen LogP contribution in [0.5, 0.6) is 0 Å². The van der Waals surface area contributed by atoms with Crippen LogP contribution in [0, 0.1) is 0 Å². The molecule has 2 aromatic heterocycles. The van der Waals surface area contributed by atoms with Crippen LogP contribution < -0.4 is 11.5 Å².